The Morgan fingerprint density at radius 1 is 1.29 bits per heavy atom. The molecule has 1 amide bonds. The Hall–Kier alpha value is -3.53. The lowest BCUT2D eigenvalue weighted by molar-refractivity contribution is -0.112. The Labute approximate surface area is 209 Å². The van der Waals surface area contributed by atoms with E-state index in [1.54, 1.807) is 31.2 Å². The number of nitrogens with one attached hydrogen (secondary N) is 1. The Balaban J connectivity index is 1.85. The third-order valence-electron chi connectivity index (χ3n) is 4.28. The summed E-state index contributed by atoms with van der Waals surface area (Å²) in [5.74, 6) is -0.830. The molecular formula is C22H18ClFN4O5S2. The molecule has 0 saturated carbocycles. The minimum atomic E-state index is -3.58. The van der Waals surface area contributed by atoms with Gasteiger partial charge in [-0.05, 0) is 36.8 Å². The van der Waals surface area contributed by atoms with Gasteiger partial charge < -0.3 is 9.47 Å². The first kappa shape index (κ1) is 26.1. The summed E-state index contributed by atoms with van der Waals surface area (Å²) in [6.07, 6.45) is 2.23. The second-order valence-electron chi connectivity index (χ2n) is 6.91. The number of carbonyl (C=O) groups is 1. The molecule has 0 aliphatic heterocycles. The summed E-state index contributed by atoms with van der Waals surface area (Å²) in [5, 5.41) is 19.0. The number of hydrogen-bond acceptors (Lipinski definition) is 9. The van der Waals surface area contributed by atoms with Crippen molar-refractivity contribution in [2.24, 2.45) is 0 Å². The van der Waals surface area contributed by atoms with Gasteiger partial charge in [-0.25, -0.2) is 12.8 Å². The van der Waals surface area contributed by atoms with E-state index in [0.717, 1.165) is 6.26 Å². The van der Waals surface area contributed by atoms with Crippen molar-refractivity contribution in [2.45, 2.75) is 17.9 Å². The van der Waals surface area contributed by atoms with Gasteiger partial charge in [0.25, 0.3) is 5.91 Å². The van der Waals surface area contributed by atoms with Crippen molar-refractivity contribution in [2.75, 3.05) is 18.2 Å². The van der Waals surface area contributed by atoms with Crippen LogP contribution in [0.15, 0.2) is 46.3 Å². The number of nitrogens with zero attached hydrogens (tertiary/aromatic N) is 3. The molecule has 3 rings (SSSR count). The number of aromatic nitrogens is 2. The lowest BCUT2D eigenvalue weighted by atomic mass is 10.1. The van der Waals surface area contributed by atoms with E-state index in [9.17, 15) is 22.9 Å². The largest absolute Gasteiger partial charge is 0.490 e. The smallest absolute Gasteiger partial charge is 0.268 e. The maximum absolute atomic E-state index is 13.9. The molecule has 1 aromatic heterocycles. The maximum atomic E-state index is 13.9. The number of carbonyl (C=O) groups excluding carboxylic acids is 1. The quantitative estimate of drug-likeness (QED) is 0.244. The second kappa shape index (κ2) is 11.3. The molecule has 0 bridgehead atoms. The molecule has 0 spiro atoms. The van der Waals surface area contributed by atoms with Crippen molar-refractivity contribution in [1.29, 1.82) is 5.26 Å². The van der Waals surface area contributed by atoms with Crippen LogP contribution in [0.4, 0.5) is 9.52 Å². The van der Waals surface area contributed by atoms with E-state index in [2.05, 4.69) is 15.5 Å². The van der Waals surface area contributed by atoms with Crippen LogP contribution in [-0.2, 0) is 21.2 Å². The highest BCUT2D eigenvalue weighted by molar-refractivity contribution is 7.92. The van der Waals surface area contributed by atoms with Crippen LogP contribution in [0.3, 0.4) is 0 Å². The molecule has 13 heteroatoms. The Kier molecular flexibility index (Phi) is 8.39. The fourth-order valence-electron chi connectivity index (χ4n) is 2.73. The van der Waals surface area contributed by atoms with Gasteiger partial charge in [-0.15, -0.1) is 10.2 Å². The van der Waals surface area contributed by atoms with Crippen molar-refractivity contribution >= 4 is 49.9 Å². The fourth-order valence-corrected chi connectivity index (χ4v) is 4.51. The van der Waals surface area contributed by atoms with E-state index in [1.165, 1.54) is 24.3 Å². The van der Waals surface area contributed by atoms with Crippen LogP contribution in [0.5, 0.6) is 11.5 Å². The lowest BCUT2D eigenvalue weighted by Crippen LogP contribution is -2.13. The number of rotatable bonds is 9. The molecule has 0 unspecified atom stereocenters. The molecule has 9 nitrogen and oxygen atoms in total. The van der Waals surface area contributed by atoms with Crippen molar-refractivity contribution in [3.05, 3.63) is 63.9 Å². The third-order valence-corrected chi connectivity index (χ3v) is 7.07. The average molecular weight is 537 g/mol. The summed E-state index contributed by atoms with van der Waals surface area (Å²) in [6, 6.07) is 10.9. The van der Waals surface area contributed by atoms with E-state index in [1.807, 2.05) is 0 Å². The highest BCUT2D eigenvalue weighted by atomic mass is 35.5. The standard InChI is InChI=1S/C22H18ClFN4O5S2/c1-3-32-18-10-13(9-16(23)19(18)33-12-14-6-4-5-7-17(14)24)8-15(11-25)20(29)26-21-27-28-22(34-21)35(2,30)31/h4-10H,3,12H2,1-2H3,(H,26,27,29). The molecule has 0 saturated heterocycles. The number of anilines is 1. The van der Waals surface area contributed by atoms with Crippen LogP contribution < -0.4 is 14.8 Å². The molecule has 3 aromatic rings. The number of benzene rings is 2. The van der Waals surface area contributed by atoms with Gasteiger partial charge >= 0.3 is 0 Å². The summed E-state index contributed by atoms with van der Waals surface area (Å²) < 4.78 is 48.0. The van der Waals surface area contributed by atoms with Crippen LogP contribution in [0.2, 0.25) is 5.02 Å². The van der Waals surface area contributed by atoms with Crippen molar-refractivity contribution < 1.29 is 27.1 Å². The molecule has 0 aliphatic carbocycles. The highest BCUT2D eigenvalue weighted by Gasteiger charge is 2.19. The predicted octanol–water partition coefficient (Wildman–Crippen LogP) is 4.26. The summed E-state index contributed by atoms with van der Waals surface area (Å²) in [6.45, 7) is 1.92. The topological polar surface area (TPSA) is 131 Å². The number of hydrogen-bond donors (Lipinski definition) is 1. The van der Waals surface area contributed by atoms with Gasteiger partial charge in [0, 0.05) is 11.8 Å². The minimum Gasteiger partial charge on any atom is -0.490 e. The van der Waals surface area contributed by atoms with Crippen molar-refractivity contribution in [3.8, 4) is 17.6 Å². The van der Waals surface area contributed by atoms with Crippen LogP contribution >= 0.6 is 22.9 Å². The van der Waals surface area contributed by atoms with E-state index >= 15 is 0 Å². The van der Waals surface area contributed by atoms with Gasteiger partial charge in [-0.1, -0.05) is 41.1 Å². The summed E-state index contributed by atoms with van der Waals surface area (Å²) in [5.41, 5.74) is 0.381. The van der Waals surface area contributed by atoms with Crippen molar-refractivity contribution in [3.63, 3.8) is 0 Å². The molecule has 0 atom stereocenters. The van der Waals surface area contributed by atoms with Crippen LogP contribution in [0.25, 0.3) is 6.08 Å². The van der Waals surface area contributed by atoms with Gasteiger partial charge in [-0.3, -0.25) is 10.1 Å². The van der Waals surface area contributed by atoms with Gasteiger partial charge in [0.05, 0.1) is 11.6 Å². The molecule has 0 radical (unpaired) electrons. The van der Waals surface area contributed by atoms with Gasteiger partial charge in [0.1, 0.15) is 24.1 Å². The Bertz CT molecular complexity index is 1430. The molecule has 0 fully saturated rings. The second-order valence-corrected chi connectivity index (χ2v) is 10.5. The van der Waals surface area contributed by atoms with Gasteiger partial charge in [0.15, 0.2) is 11.5 Å². The SMILES string of the molecule is CCOc1cc(C=C(C#N)C(=O)Nc2nnc(S(C)(=O)=O)s2)cc(Cl)c1OCc1ccccc1F. The lowest BCUT2D eigenvalue weighted by Gasteiger charge is -2.15. The van der Waals surface area contributed by atoms with Crippen LogP contribution in [0.1, 0.15) is 18.1 Å². The van der Waals surface area contributed by atoms with E-state index in [4.69, 9.17) is 21.1 Å². The minimum absolute atomic E-state index is 0.0819. The predicted molar refractivity (Wildman–Crippen MR) is 129 cm³/mol. The van der Waals surface area contributed by atoms with E-state index in [0.29, 0.717) is 22.5 Å². The summed E-state index contributed by atoms with van der Waals surface area (Å²) in [4.78, 5) is 12.5. The first-order chi connectivity index (χ1) is 16.6. The number of halogens is 2. The highest BCUT2D eigenvalue weighted by Crippen LogP contribution is 2.38. The van der Waals surface area contributed by atoms with E-state index in [-0.39, 0.29) is 44.8 Å². The summed E-state index contributed by atoms with van der Waals surface area (Å²) >= 11 is 7.03. The number of nitriles is 1. The van der Waals surface area contributed by atoms with Gasteiger partial charge in [0.2, 0.25) is 19.3 Å². The Morgan fingerprint density at radius 2 is 2.03 bits per heavy atom. The maximum Gasteiger partial charge on any atom is 0.268 e. The Morgan fingerprint density at radius 3 is 2.66 bits per heavy atom. The molecule has 0 aliphatic rings. The normalized spacial score (nSPS) is 11.6. The molecule has 1 heterocycles. The molecular weight excluding hydrogens is 519 g/mol. The summed E-state index contributed by atoms with van der Waals surface area (Å²) in [7, 11) is -3.58. The third kappa shape index (κ3) is 6.75. The zero-order valence-electron chi connectivity index (χ0n) is 18.4. The zero-order chi connectivity index (χ0) is 25.6. The van der Waals surface area contributed by atoms with Crippen LogP contribution in [-0.4, -0.2) is 37.4 Å². The fraction of sp³-hybridized carbons (Fsp3) is 0.182. The van der Waals surface area contributed by atoms with Gasteiger partial charge in [-0.2, -0.15) is 5.26 Å². The number of sulfone groups is 1. The van der Waals surface area contributed by atoms with Crippen molar-refractivity contribution in [1.82, 2.24) is 10.2 Å². The van der Waals surface area contributed by atoms with E-state index < -0.39 is 21.6 Å². The van der Waals surface area contributed by atoms with Crippen LogP contribution in [0, 0.1) is 17.1 Å². The molecule has 35 heavy (non-hydrogen) atoms. The number of ether oxygens (including phenoxy) is 2. The monoisotopic (exact) mass is 536 g/mol. The molecule has 2 aromatic carbocycles. The zero-order valence-corrected chi connectivity index (χ0v) is 20.8. The molecule has 1 N–H and O–H groups in total. The first-order valence-corrected chi connectivity index (χ1v) is 13.0. The first-order valence-electron chi connectivity index (χ1n) is 9.91. The molecule has 182 valence electrons. The average Bonchev–Trinajstić information content (AvgIpc) is 3.27. The number of amides is 1.